The van der Waals surface area contributed by atoms with Crippen LogP contribution in [-0.2, 0) is 6.61 Å². The zero-order valence-corrected chi connectivity index (χ0v) is 7.68. The highest BCUT2D eigenvalue weighted by Gasteiger charge is 1.93. The fraction of sp³-hybridized carbons (Fsp3) is 0.200. The number of hydrogen-bond donors (Lipinski definition) is 1. The molecule has 2 heteroatoms. The number of benzene rings is 1. The summed E-state index contributed by atoms with van der Waals surface area (Å²) in [5.41, 5.74) is 0.962. The van der Waals surface area contributed by atoms with Gasteiger partial charge in [-0.25, -0.2) is 0 Å². The Morgan fingerprint density at radius 1 is 1.50 bits per heavy atom. The minimum atomic E-state index is 0.114. The maximum atomic E-state index is 8.86. The van der Waals surface area contributed by atoms with E-state index < -0.39 is 0 Å². The second kappa shape index (κ2) is 5.01. The van der Waals surface area contributed by atoms with Crippen molar-refractivity contribution in [2.24, 2.45) is 0 Å². The molecule has 12 heavy (non-hydrogen) atoms. The van der Waals surface area contributed by atoms with Crippen LogP contribution in [0, 0.1) is 0 Å². The summed E-state index contributed by atoms with van der Waals surface area (Å²) in [6, 6.07) is 7.90. The van der Waals surface area contributed by atoms with E-state index in [1.807, 2.05) is 30.3 Å². The maximum Gasteiger partial charge on any atom is 0.0682 e. The Kier molecular flexibility index (Phi) is 3.91. The summed E-state index contributed by atoms with van der Waals surface area (Å²) < 4.78 is 0. The van der Waals surface area contributed by atoms with Crippen LogP contribution >= 0.6 is 11.8 Å². The predicted octanol–water partition coefficient (Wildman–Crippen LogP) is 2.46. The molecule has 64 valence electrons. The van der Waals surface area contributed by atoms with E-state index in [0.29, 0.717) is 0 Å². The molecule has 0 aliphatic carbocycles. The van der Waals surface area contributed by atoms with E-state index in [1.165, 1.54) is 4.90 Å². The molecule has 0 fully saturated rings. The minimum absolute atomic E-state index is 0.114. The van der Waals surface area contributed by atoms with E-state index in [0.717, 1.165) is 11.3 Å². The summed E-state index contributed by atoms with van der Waals surface area (Å²) in [4.78, 5) is 1.18. The average molecular weight is 180 g/mol. The first-order valence-corrected chi connectivity index (χ1v) is 4.79. The highest BCUT2D eigenvalue weighted by Crippen LogP contribution is 2.18. The van der Waals surface area contributed by atoms with Crippen molar-refractivity contribution in [1.82, 2.24) is 0 Å². The molecule has 0 amide bonds. The van der Waals surface area contributed by atoms with Crippen molar-refractivity contribution >= 4 is 11.8 Å². The van der Waals surface area contributed by atoms with E-state index in [4.69, 9.17) is 5.11 Å². The Morgan fingerprint density at radius 2 is 2.33 bits per heavy atom. The zero-order chi connectivity index (χ0) is 8.81. The van der Waals surface area contributed by atoms with Gasteiger partial charge in [-0.3, -0.25) is 0 Å². The Labute approximate surface area is 77.1 Å². The Balaban J connectivity index is 2.65. The third kappa shape index (κ3) is 2.72. The number of thioether (sulfide) groups is 1. The van der Waals surface area contributed by atoms with Crippen molar-refractivity contribution in [2.75, 3.05) is 5.75 Å². The van der Waals surface area contributed by atoms with Crippen LogP contribution in [0.1, 0.15) is 5.56 Å². The predicted molar refractivity (Wildman–Crippen MR) is 53.3 cm³/mol. The van der Waals surface area contributed by atoms with Gasteiger partial charge in [0.05, 0.1) is 6.61 Å². The highest BCUT2D eigenvalue weighted by atomic mass is 32.2. The molecular formula is C10H12OS. The number of aliphatic hydroxyl groups is 1. The molecule has 0 bridgehead atoms. The maximum absolute atomic E-state index is 8.86. The second-order valence-corrected chi connectivity index (χ2v) is 3.50. The van der Waals surface area contributed by atoms with Gasteiger partial charge in [0.25, 0.3) is 0 Å². The van der Waals surface area contributed by atoms with E-state index in [2.05, 4.69) is 6.58 Å². The lowest BCUT2D eigenvalue weighted by Gasteiger charge is -2.00. The molecule has 1 aromatic rings. The molecule has 0 unspecified atom stereocenters. The van der Waals surface area contributed by atoms with Crippen LogP contribution in [-0.4, -0.2) is 10.9 Å². The van der Waals surface area contributed by atoms with E-state index in [1.54, 1.807) is 11.8 Å². The van der Waals surface area contributed by atoms with Gasteiger partial charge in [0, 0.05) is 10.6 Å². The summed E-state index contributed by atoms with van der Waals surface area (Å²) in [7, 11) is 0. The molecule has 0 spiro atoms. The third-order valence-corrected chi connectivity index (χ3v) is 2.44. The van der Waals surface area contributed by atoms with Gasteiger partial charge in [-0.15, -0.1) is 18.3 Å². The highest BCUT2D eigenvalue weighted by molar-refractivity contribution is 7.99. The third-order valence-electron chi connectivity index (χ3n) is 1.45. The molecule has 0 aliphatic heterocycles. The molecule has 0 radical (unpaired) electrons. The van der Waals surface area contributed by atoms with Crippen molar-refractivity contribution < 1.29 is 5.11 Å². The van der Waals surface area contributed by atoms with Gasteiger partial charge in [-0.1, -0.05) is 18.2 Å². The normalized spacial score (nSPS) is 9.75. The summed E-state index contributed by atoms with van der Waals surface area (Å²) in [5.74, 6) is 0.912. The van der Waals surface area contributed by atoms with Crippen molar-refractivity contribution in [3.63, 3.8) is 0 Å². The van der Waals surface area contributed by atoms with Gasteiger partial charge in [0.2, 0.25) is 0 Å². The topological polar surface area (TPSA) is 20.2 Å². The van der Waals surface area contributed by atoms with Crippen LogP contribution in [0.15, 0.2) is 41.8 Å². The summed E-state index contributed by atoms with van der Waals surface area (Å²) >= 11 is 1.72. The summed E-state index contributed by atoms with van der Waals surface area (Å²) in [6.07, 6.45) is 1.87. The van der Waals surface area contributed by atoms with E-state index in [-0.39, 0.29) is 6.61 Å². The lowest BCUT2D eigenvalue weighted by molar-refractivity contribution is 0.281. The molecule has 0 heterocycles. The Morgan fingerprint density at radius 3 is 3.00 bits per heavy atom. The molecule has 1 rings (SSSR count). The first-order chi connectivity index (χ1) is 5.86. The monoisotopic (exact) mass is 180 g/mol. The van der Waals surface area contributed by atoms with Crippen molar-refractivity contribution in [3.05, 3.63) is 42.5 Å². The van der Waals surface area contributed by atoms with Crippen LogP contribution in [0.2, 0.25) is 0 Å². The molecule has 1 N–H and O–H groups in total. The molecule has 1 aromatic carbocycles. The van der Waals surface area contributed by atoms with Crippen LogP contribution in [0.5, 0.6) is 0 Å². The van der Waals surface area contributed by atoms with E-state index in [9.17, 15) is 0 Å². The van der Waals surface area contributed by atoms with Gasteiger partial charge in [-0.2, -0.15) is 0 Å². The zero-order valence-electron chi connectivity index (χ0n) is 6.86. The van der Waals surface area contributed by atoms with Crippen LogP contribution < -0.4 is 0 Å². The molecule has 1 nitrogen and oxygen atoms in total. The molecule has 0 aliphatic rings. The lowest BCUT2D eigenvalue weighted by atomic mass is 10.2. The van der Waals surface area contributed by atoms with Crippen LogP contribution in [0.25, 0.3) is 0 Å². The largest absolute Gasteiger partial charge is 0.392 e. The Hall–Kier alpha value is -0.730. The van der Waals surface area contributed by atoms with Gasteiger partial charge in [0.1, 0.15) is 0 Å². The SMILES string of the molecule is C=CCSc1cccc(CO)c1. The fourth-order valence-corrected chi connectivity index (χ4v) is 1.61. The smallest absolute Gasteiger partial charge is 0.0682 e. The number of hydrogen-bond acceptors (Lipinski definition) is 2. The summed E-state index contributed by atoms with van der Waals surface area (Å²) in [5, 5.41) is 8.86. The van der Waals surface area contributed by atoms with Gasteiger partial charge >= 0.3 is 0 Å². The first-order valence-electron chi connectivity index (χ1n) is 3.80. The Bertz CT molecular complexity index is 258. The lowest BCUT2D eigenvalue weighted by Crippen LogP contribution is -1.82. The molecular weight excluding hydrogens is 168 g/mol. The average Bonchev–Trinajstić information content (AvgIpc) is 2.15. The molecule has 0 saturated heterocycles. The van der Waals surface area contributed by atoms with Gasteiger partial charge in [-0.05, 0) is 17.7 Å². The minimum Gasteiger partial charge on any atom is -0.392 e. The molecule has 0 saturated carbocycles. The second-order valence-electron chi connectivity index (χ2n) is 2.41. The quantitative estimate of drug-likeness (QED) is 0.567. The van der Waals surface area contributed by atoms with Gasteiger partial charge < -0.3 is 5.11 Å². The summed E-state index contributed by atoms with van der Waals surface area (Å²) in [6.45, 7) is 3.76. The molecule has 0 aromatic heterocycles. The van der Waals surface area contributed by atoms with Crippen molar-refractivity contribution in [3.8, 4) is 0 Å². The van der Waals surface area contributed by atoms with Crippen LogP contribution in [0.3, 0.4) is 0 Å². The first kappa shape index (κ1) is 9.36. The van der Waals surface area contributed by atoms with Crippen molar-refractivity contribution in [1.29, 1.82) is 0 Å². The van der Waals surface area contributed by atoms with E-state index >= 15 is 0 Å². The number of rotatable bonds is 4. The van der Waals surface area contributed by atoms with Crippen LogP contribution in [0.4, 0.5) is 0 Å². The standard InChI is InChI=1S/C10H12OS/c1-2-6-12-10-5-3-4-9(7-10)8-11/h2-5,7,11H,1,6,8H2. The number of aliphatic hydroxyl groups excluding tert-OH is 1. The van der Waals surface area contributed by atoms with Crippen molar-refractivity contribution in [2.45, 2.75) is 11.5 Å². The van der Waals surface area contributed by atoms with Gasteiger partial charge in [0.15, 0.2) is 0 Å². The fourth-order valence-electron chi connectivity index (χ4n) is 0.889. The molecule has 0 atom stereocenters.